The summed E-state index contributed by atoms with van der Waals surface area (Å²) in [5.74, 6) is 0.913. The number of nitrogens with zero attached hydrogens (tertiary/aromatic N) is 1. The summed E-state index contributed by atoms with van der Waals surface area (Å²) in [7, 11) is 3.47. The number of fused-ring (bicyclic) bond motifs is 1. The Hall–Kier alpha value is -1.10. The zero-order chi connectivity index (χ0) is 15.3. The molecule has 0 fully saturated rings. The molecule has 1 aromatic rings. The maximum atomic E-state index is 6.27. The van der Waals surface area contributed by atoms with Crippen molar-refractivity contribution in [2.75, 3.05) is 40.5 Å². The van der Waals surface area contributed by atoms with Gasteiger partial charge in [-0.25, -0.2) is 0 Å². The summed E-state index contributed by atoms with van der Waals surface area (Å²) in [4.78, 5) is 2.47. The molecule has 1 aliphatic carbocycles. The summed E-state index contributed by atoms with van der Waals surface area (Å²) in [6.07, 6.45) is 3.41. The number of rotatable bonds is 7. The second-order valence-electron chi connectivity index (χ2n) is 5.68. The molecule has 2 rings (SSSR count). The van der Waals surface area contributed by atoms with Gasteiger partial charge >= 0.3 is 0 Å². The lowest BCUT2D eigenvalue weighted by Crippen LogP contribution is -2.54. The molecule has 0 heterocycles. The Morgan fingerprint density at radius 3 is 2.76 bits per heavy atom. The zero-order valence-electron chi connectivity index (χ0n) is 13.5. The molecule has 1 aromatic carbocycles. The van der Waals surface area contributed by atoms with E-state index in [-0.39, 0.29) is 5.54 Å². The number of hydrogen-bond donors (Lipinski definition) is 1. The van der Waals surface area contributed by atoms with E-state index < -0.39 is 0 Å². The summed E-state index contributed by atoms with van der Waals surface area (Å²) in [6.45, 7) is 5.43. The van der Waals surface area contributed by atoms with Crippen molar-refractivity contribution >= 4 is 0 Å². The van der Waals surface area contributed by atoms with Gasteiger partial charge in [0.1, 0.15) is 5.75 Å². The van der Waals surface area contributed by atoms with E-state index in [4.69, 9.17) is 15.2 Å². The lowest BCUT2D eigenvalue weighted by Gasteiger charge is -2.47. The first-order valence-corrected chi connectivity index (χ1v) is 7.83. The van der Waals surface area contributed by atoms with Crippen LogP contribution < -0.4 is 10.5 Å². The van der Waals surface area contributed by atoms with E-state index in [1.165, 1.54) is 17.5 Å². The molecule has 4 heteroatoms. The van der Waals surface area contributed by atoms with Gasteiger partial charge < -0.3 is 15.2 Å². The fourth-order valence-corrected chi connectivity index (χ4v) is 3.59. The Kier molecular flexibility index (Phi) is 5.62. The summed E-state index contributed by atoms with van der Waals surface area (Å²) in [6, 6.07) is 6.43. The van der Waals surface area contributed by atoms with E-state index in [9.17, 15) is 0 Å². The van der Waals surface area contributed by atoms with Crippen LogP contribution >= 0.6 is 0 Å². The first-order chi connectivity index (χ1) is 10.2. The molecule has 4 nitrogen and oxygen atoms in total. The van der Waals surface area contributed by atoms with Crippen LogP contribution in [0.15, 0.2) is 18.2 Å². The highest BCUT2D eigenvalue weighted by molar-refractivity contribution is 5.42. The van der Waals surface area contributed by atoms with Crippen molar-refractivity contribution in [1.29, 1.82) is 0 Å². The molecule has 1 atom stereocenters. The van der Waals surface area contributed by atoms with E-state index in [1.54, 1.807) is 14.2 Å². The van der Waals surface area contributed by atoms with Crippen LogP contribution in [-0.2, 0) is 16.7 Å². The Morgan fingerprint density at radius 2 is 2.14 bits per heavy atom. The van der Waals surface area contributed by atoms with Crippen molar-refractivity contribution in [3.63, 3.8) is 0 Å². The molecule has 0 saturated carbocycles. The number of hydrogen-bond acceptors (Lipinski definition) is 4. The van der Waals surface area contributed by atoms with Crippen molar-refractivity contribution in [2.24, 2.45) is 5.73 Å². The molecule has 0 aromatic heterocycles. The highest BCUT2D eigenvalue weighted by Gasteiger charge is 2.40. The van der Waals surface area contributed by atoms with Gasteiger partial charge in [-0.1, -0.05) is 13.0 Å². The van der Waals surface area contributed by atoms with E-state index in [2.05, 4.69) is 30.0 Å². The minimum atomic E-state index is -0.0879. The number of nitrogens with two attached hydrogens (primary N) is 1. The normalized spacial score (nSPS) is 21.4. The predicted octanol–water partition coefficient (Wildman–Crippen LogP) is 2.15. The van der Waals surface area contributed by atoms with Gasteiger partial charge in [0.25, 0.3) is 0 Å². The molecule has 0 aliphatic heterocycles. The minimum absolute atomic E-state index is 0.0879. The lowest BCUT2D eigenvalue weighted by atomic mass is 9.75. The summed E-state index contributed by atoms with van der Waals surface area (Å²) < 4.78 is 10.7. The topological polar surface area (TPSA) is 47.7 Å². The predicted molar refractivity (Wildman–Crippen MR) is 85.8 cm³/mol. The maximum absolute atomic E-state index is 6.27. The number of benzene rings is 1. The minimum Gasteiger partial charge on any atom is -0.497 e. The van der Waals surface area contributed by atoms with Gasteiger partial charge in [0.05, 0.1) is 19.3 Å². The molecule has 0 saturated heterocycles. The van der Waals surface area contributed by atoms with Crippen molar-refractivity contribution < 1.29 is 9.47 Å². The Bertz CT molecular complexity index is 464. The smallest absolute Gasteiger partial charge is 0.119 e. The summed E-state index contributed by atoms with van der Waals surface area (Å²) in [5.41, 5.74) is 8.93. The van der Waals surface area contributed by atoms with Crippen molar-refractivity contribution in [2.45, 2.75) is 31.7 Å². The molecular formula is C17H28N2O2. The molecule has 1 unspecified atom stereocenters. The van der Waals surface area contributed by atoms with Gasteiger partial charge in [-0.05, 0) is 49.1 Å². The summed E-state index contributed by atoms with van der Waals surface area (Å²) in [5, 5.41) is 0. The molecule has 0 spiro atoms. The average molecular weight is 292 g/mol. The molecule has 1 aliphatic rings. The van der Waals surface area contributed by atoms with Gasteiger partial charge in [0, 0.05) is 20.2 Å². The SMILES string of the molecule is CCN(CCOC)C1(CN)CCCc2ccc(OC)cc21. The van der Waals surface area contributed by atoms with E-state index in [0.717, 1.165) is 38.3 Å². The van der Waals surface area contributed by atoms with Crippen molar-refractivity contribution in [1.82, 2.24) is 4.90 Å². The molecule has 21 heavy (non-hydrogen) atoms. The molecule has 118 valence electrons. The standard InChI is InChI=1S/C17H28N2O2/c1-4-19(10-11-20-2)17(13-18)9-5-6-14-7-8-15(21-3)12-16(14)17/h7-8,12H,4-6,9-11,13,18H2,1-3H3. The highest BCUT2D eigenvalue weighted by atomic mass is 16.5. The van der Waals surface area contributed by atoms with Crippen molar-refractivity contribution in [3.05, 3.63) is 29.3 Å². The fraction of sp³-hybridized carbons (Fsp3) is 0.647. The number of likely N-dealkylation sites (N-methyl/N-ethyl adjacent to an activating group) is 1. The first-order valence-electron chi connectivity index (χ1n) is 7.83. The van der Waals surface area contributed by atoms with Crippen LogP contribution in [0.3, 0.4) is 0 Å². The average Bonchev–Trinajstić information content (AvgIpc) is 2.54. The zero-order valence-corrected chi connectivity index (χ0v) is 13.5. The fourth-order valence-electron chi connectivity index (χ4n) is 3.59. The van der Waals surface area contributed by atoms with Crippen LogP contribution in [0, 0.1) is 0 Å². The second kappa shape index (κ2) is 7.25. The third-order valence-electron chi connectivity index (χ3n) is 4.74. The maximum Gasteiger partial charge on any atom is 0.119 e. The number of methoxy groups -OCH3 is 2. The quantitative estimate of drug-likeness (QED) is 0.836. The lowest BCUT2D eigenvalue weighted by molar-refractivity contribution is 0.0495. The van der Waals surface area contributed by atoms with Crippen LogP contribution in [0.4, 0.5) is 0 Å². The van der Waals surface area contributed by atoms with Gasteiger partial charge in [0.2, 0.25) is 0 Å². The van der Waals surface area contributed by atoms with Gasteiger partial charge in [-0.2, -0.15) is 0 Å². The van der Waals surface area contributed by atoms with Crippen LogP contribution in [0.25, 0.3) is 0 Å². The molecule has 2 N–H and O–H groups in total. The van der Waals surface area contributed by atoms with E-state index in [0.29, 0.717) is 6.54 Å². The van der Waals surface area contributed by atoms with E-state index in [1.807, 2.05) is 0 Å². The Morgan fingerprint density at radius 1 is 1.33 bits per heavy atom. The highest BCUT2D eigenvalue weighted by Crippen LogP contribution is 2.41. The van der Waals surface area contributed by atoms with Gasteiger partial charge in [0.15, 0.2) is 0 Å². The largest absolute Gasteiger partial charge is 0.497 e. The van der Waals surface area contributed by atoms with Crippen LogP contribution in [-0.4, -0.2) is 45.4 Å². The summed E-state index contributed by atoms with van der Waals surface area (Å²) >= 11 is 0. The second-order valence-corrected chi connectivity index (χ2v) is 5.68. The molecule has 0 bridgehead atoms. The van der Waals surface area contributed by atoms with Crippen LogP contribution in [0.1, 0.15) is 30.9 Å². The Labute approximate surface area is 128 Å². The van der Waals surface area contributed by atoms with Crippen LogP contribution in [0.2, 0.25) is 0 Å². The van der Waals surface area contributed by atoms with Gasteiger partial charge in [-0.3, -0.25) is 4.90 Å². The van der Waals surface area contributed by atoms with Crippen molar-refractivity contribution in [3.8, 4) is 5.75 Å². The number of aryl methyl sites for hydroxylation is 1. The van der Waals surface area contributed by atoms with Gasteiger partial charge in [-0.15, -0.1) is 0 Å². The first kappa shape index (κ1) is 16.3. The molecule has 0 amide bonds. The monoisotopic (exact) mass is 292 g/mol. The molecule has 0 radical (unpaired) electrons. The number of ether oxygens (including phenoxy) is 2. The van der Waals surface area contributed by atoms with Crippen LogP contribution in [0.5, 0.6) is 5.75 Å². The molecular weight excluding hydrogens is 264 g/mol. The van der Waals surface area contributed by atoms with E-state index >= 15 is 0 Å². The Balaban J connectivity index is 2.44. The third kappa shape index (κ3) is 3.07. The third-order valence-corrected chi connectivity index (χ3v) is 4.74.